The Hall–Kier alpha value is -1.51. The summed E-state index contributed by atoms with van der Waals surface area (Å²) in [7, 11) is 1.64. The fraction of sp³-hybridized carbons (Fsp3) is 0.500. The largest absolute Gasteiger partial charge is 0.382 e. The van der Waals surface area contributed by atoms with E-state index in [0.29, 0.717) is 17.5 Å². The summed E-state index contributed by atoms with van der Waals surface area (Å²) >= 11 is 0. The third-order valence-electron chi connectivity index (χ3n) is 2.95. The van der Waals surface area contributed by atoms with E-state index in [1.807, 2.05) is 24.3 Å². The summed E-state index contributed by atoms with van der Waals surface area (Å²) in [5, 5.41) is 6.10. The maximum atomic E-state index is 11.5. The van der Waals surface area contributed by atoms with Crippen molar-refractivity contribution in [3.8, 4) is 0 Å². The molecule has 1 rings (SSSR count). The summed E-state index contributed by atoms with van der Waals surface area (Å²) in [5.74, 6) is 0.523. The molecule has 3 heteroatoms. The molecule has 1 unspecified atom stereocenters. The van der Waals surface area contributed by atoms with Crippen molar-refractivity contribution in [2.75, 3.05) is 12.4 Å². The van der Waals surface area contributed by atoms with Gasteiger partial charge in [0, 0.05) is 24.3 Å². The summed E-state index contributed by atoms with van der Waals surface area (Å²) in [6.07, 6.45) is 1.07. The van der Waals surface area contributed by atoms with Gasteiger partial charge in [0.05, 0.1) is 0 Å². The van der Waals surface area contributed by atoms with Crippen LogP contribution in [0.4, 0.5) is 5.69 Å². The molecule has 0 aliphatic carbocycles. The van der Waals surface area contributed by atoms with E-state index in [1.54, 1.807) is 7.05 Å². The van der Waals surface area contributed by atoms with Crippen LogP contribution in [0.3, 0.4) is 0 Å². The first kappa shape index (κ1) is 13.6. The summed E-state index contributed by atoms with van der Waals surface area (Å²) in [6, 6.07) is 8.05. The van der Waals surface area contributed by atoms with Gasteiger partial charge in [0.1, 0.15) is 0 Å². The van der Waals surface area contributed by atoms with E-state index in [2.05, 4.69) is 31.4 Å². The van der Waals surface area contributed by atoms with Crippen LogP contribution in [0, 0.1) is 5.92 Å². The van der Waals surface area contributed by atoms with E-state index >= 15 is 0 Å². The lowest BCUT2D eigenvalue weighted by atomic mass is 10.0. The van der Waals surface area contributed by atoms with Gasteiger partial charge < -0.3 is 10.6 Å². The smallest absolute Gasteiger partial charge is 0.251 e. The Morgan fingerprint density at radius 1 is 1.35 bits per heavy atom. The van der Waals surface area contributed by atoms with Gasteiger partial charge in [-0.05, 0) is 30.5 Å². The topological polar surface area (TPSA) is 41.1 Å². The molecular formula is C14H22N2O. The van der Waals surface area contributed by atoms with Gasteiger partial charge in [-0.15, -0.1) is 0 Å². The molecule has 94 valence electrons. The number of carbonyl (C=O) groups is 1. The van der Waals surface area contributed by atoms with Crippen molar-refractivity contribution in [3.05, 3.63) is 29.8 Å². The quantitative estimate of drug-likeness (QED) is 0.822. The molecule has 0 saturated heterocycles. The normalized spacial score (nSPS) is 12.3. The number of nitrogens with one attached hydrogen (secondary N) is 2. The van der Waals surface area contributed by atoms with Crippen molar-refractivity contribution >= 4 is 11.6 Å². The van der Waals surface area contributed by atoms with Gasteiger partial charge in [-0.1, -0.05) is 26.8 Å². The van der Waals surface area contributed by atoms with Gasteiger partial charge in [0.2, 0.25) is 0 Å². The van der Waals surface area contributed by atoms with Gasteiger partial charge in [-0.3, -0.25) is 4.79 Å². The van der Waals surface area contributed by atoms with Crippen molar-refractivity contribution in [1.29, 1.82) is 0 Å². The van der Waals surface area contributed by atoms with Crippen molar-refractivity contribution in [2.24, 2.45) is 5.92 Å². The molecule has 17 heavy (non-hydrogen) atoms. The standard InChI is InChI=1S/C14H22N2O/c1-5-13(10(2)3)16-12-8-6-7-11(9-12)14(17)15-4/h6-10,13,16H,5H2,1-4H3,(H,15,17). The van der Waals surface area contributed by atoms with E-state index in [1.165, 1.54) is 0 Å². The zero-order valence-electron chi connectivity index (χ0n) is 11.1. The Morgan fingerprint density at radius 3 is 2.59 bits per heavy atom. The first-order valence-corrected chi connectivity index (χ1v) is 6.17. The summed E-state index contributed by atoms with van der Waals surface area (Å²) < 4.78 is 0. The van der Waals surface area contributed by atoms with E-state index < -0.39 is 0 Å². The van der Waals surface area contributed by atoms with Gasteiger partial charge in [-0.2, -0.15) is 0 Å². The molecule has 0 bridgehead atoms. The fourth-order valence-corrected chi connectivity index (χ4v) is 1.85. The van der Waals surface area contributed by atoms with Crippen LogP contribution < -0.4 is 10.6 Å². The maximum Gasteiger partial charge on any atom is 0.251 e. The molecule has 0 aliphatic rings. The predicted molar refractivity (Wildman–Crippen MR) is 72.4 cm³/mol. The molecule has 0 fully saturated rings. The highest BCUT2D eigenvalue weighted by atomic mass is 16.1. The van der Waals surface area contributed by atoms with Gasteiger partial charge in [0.25, 0.3) is 5.91 Å². The third kappa shape index (κ3) is 3.77. The van der Waals surface area contributed by atoms with Crippen molar-refractivity contribution in [2.45, 2.75) is 33.2 Å². The zero-order chi connectivity index (χ0) is 12.8. The second-order valence-corrected chi connectivity index (χ2v) is 4.56. The molecular weight excluding hydrogens is 212 g/mol. The second-order valence-electron chi connectivity index (χ2n) is 4.56. The second kappa shape index (κ2) is 6.28. The molecule has 0 aliphatic heterocycles. The average Bonchev–Trinajstić information content (AvgIpc) is 2.34. The van der Waals surface area contributed by atoms with Crippen LogP contribution in [0.1, 0.15) is 37.6 Å². The Kier molecular flexibility index (Phi) is 5.01. The Morgan fingerprint density at radius 2 is 2.06 bits per heavy atom. The van der Waals surface area contributed by atoms with Crippen molar-refractivity contribution < 1.29 is 4.79 Å². The molecule has 0 spiro atoms. The first-order valence-electron chi connectivity index (χ1n) is 6.17. The third-order valence-corrected chi connectivity index (χ3v) is 2.95. The van der Waals surface area contributed by atoms with E-state index in [9.17, 15) is 4.79 Å². The number of hydrogen-bond acceptors (Lipinski definition) is 2. The van der Waals surface area contributed by atoms with Crippen LogP contribution in [0.15, 0.2) is 24.3 Å². The molecule has 1 atom stereocenters. The number of amides is 1. The minimum atomic E-state index is -0.0498. The molecule has 0 saturated carbocycles. The Balaban J connectivity index is 2.81. The average molecular weight is 234 g/mol. The van der Waals surface area contributed by atoms with Crippen LogP contribution in [0.2, 0.25) is 0 Å². The lowest BCUT2D eigenvalue weighted by Crippen LogP contribution is -2.25. The van der Waals surface area contributed by atoms with Gasteiger partial charge >= 0.3 is 0 Å². The number of rotatable bonds is 5. The Bertz CT molecular complexity index is 374. The van der Waals surface area contributed by atoms with Crippen LogP contribution in [0.25, 0.3) is 0 Å². The molecule has 1 aromatic rings. The fourth-order valence-electron chi connectivity index (χ4n) is 1.85. The number of carbonyl (C=O) groups excluding carboxylic acids is 1. The van der Waals surface area contributed by atoms with Crippen molar-refractivity contribution in [1.82, 2.24) is 5.32 Å². The molecule has 0 aromatic heterocycles. The van der Waals surface area contributed by atoms with Crippen LogP contribution in [0.5, 0.6) is 0 Å². The van der Waals surface area contributed by atoms with Gasteiger partial charge in [-0.25, -0.2) is 0 Å². The molecule has 1 amide bonds. The predicted octanol–water partition coefficient (Wildman–Crippen LogP) is 2.89. The maximum absolute atomic E-state index is 11.5. The highest BCUT2D eigenvalue weighted by molar-refractivity contribution is 5.94. The number of benzene rings is 1. The first-order chi connectivity index (χ1) is 8.08. The van der Waals surface area contributed by atoms with Crippen LogP contribution in [-0.4, -0.2) is 19.0 Å². The molecule has 1 aromatic carbocycles. The SMILES string of the molecule is CCC(Nc1cccc(C(=O)NC)c1)C(C)C. The van der Waals surface area contributed by atoms with Crippen LogP contribution >= 0.6 is 0 Å². The highest BCUT2D eigenvalue weighted by Gasteiger charge is 2.11. The Labute approximate surface area is 104 Å². The van der Waals surface area contributed by atoms with E-state index in [0.717, 1.165) is 12.1 Å². The molecule has 2 N–H and O–H groups in total. The minimum Gasteiger partial charge on any atom is -0.382 e. The molecule has 0 heterocycles. The van der Waals surface area contributed by atoms with E-state index in [4.69, 9.17) is 0 Å². The monoisotopic (exact) mass is 234 g/mol. The molecule has 0 radical (unpaired) electrons. The summed E-state index contributed by atoms with van der Waals surface area (Å²) in [5.41, 5.74) is 1.70. The minimum absolute atomic E-state index is 0.0498. The van der Waals surface area contributed by atoms with E-state index in [-0.39, 0.29) is 5.91 Å². The number of hydrogen-bond donors (Lipinski definition) is 2. The highest BCUT2D eigenvalue weighted by Crippen LogP contribution is 2.16. The molecule has 3 nitrogen and oxygen atoms in total. The van der Waals surface area contributed by atoms with Gasteiger partial charge in [0.15, 0.2) is 0 Å². The summed E-state index contributed by atoms with van der Waals surface area (Å²) in [6.45, 7) is 6.56. The zero-order valence-corrected chi connectivity index (χ0v) is 11.1. The van der Waals surface area contributed by atoms with Crippen molar-refractivity contribution in [3.63, 3.8) is 0 Å². The lowest BCUT2D eigenvalue weighted by molar-refractivity contribution is 0.0963. The number of anilines is 1. The summed E-state index contributed by atoms with van der Waals surface area (Å²) in [4.78, 5) is 11.5. The van der Waals surface area contributed by atoms with Crippen LogP contribution in [-0.2, 0) is 0 Å². The lowest BCUT2D eigenvalue weighted by Gasteiger charge is -2.22.